The lowest BCUT2D eigenvalue weighted by molar-refractivity contribution is -0.158. The second kappa shape index (κ2) is 8.03. The molecule has 1 aromatic carbocycles. The van der Waals surface area contributed by atoms with Crippen LogP contribution in [0.5, 0.6) is 0 Å². The first kappa shape index (κ1) is 20.8. The molecule has 7 N–H and O–H groups in total. The van der Waals surface area contributed by atoms with Gasteiger partial charge >= 0.3 is 0 Å². The molecule has 9 heteroatoms. The third-order valence-electron chi connectivity index (χ3n) is 4.74. The molecule has 0 bridgehead atoms. The molecular formula is C18H25N3O6. The van der Waals surface area contributed by atoms with E-state index in [9.17, 15) is 29.7 Å². The SMILES string of the molecule is Cc1ccc(C(=O)NC2CC(O)(C(=O)NC(C)C(N)=O)CC(O)C2O)cc1. The van der Waals surface area contributed by atoms with Gasteiger partial charge < -0.3 is 31.7 Å². The van der Waals surface area contributed by atoms with E-state index in [0.29, 0.717) is 5.56 Å². The predicted octanol–water partition coefficient (Wildman–Crippen LogP) is -1.67. The number of primary amides is 1. The van der Waals surface area contributed by atoms with Crippen LogP contribution in [-0.4, -0.2) is 62.9 Å². The van der Waals surface area contributed by atoms with Gasteiger partial charge in [-0.1, -0.05) is 17.7 Å². The predicted molar refractivity (Wildman–Crippen MR) is 95.4 cm³/mol. The fraction of sp³-hybridized carbons (Fsp3) is 0.500. The topological polar surface area (TPSA) is 162 Å². The van der Waals surface area contributed by atoms with E-state index in [1.54, 1.807) is 24.3 Å². The van der Waals surface area contributed by atoms with Crippen molar-refractivity contribution < 1.29 is 29.7 Å². The summed E-state index contributed by atoms with van der Waals surface area (Å²) in [7, 11) is 0. The molecule has 0 spiro atoms. The van der Waals surface area contributed by atoms with Gasteiger partial charge in [0.2, 0.25) is 5.91 Å². The van der Waals surface area contributed by atoms with E-state index in [0.717, 1.165) is 5.56 Å². The Morgan fingerprint density at radius 3 is 2.33 bits per heavy atom. The Labute approximate surface area is 156 Å². The van der Waals surface area contributed by atoms with Crippen LogP contribution < -0.4 is 16.4 Å². The van der Waals surface area contributed by atoms with E-state index in [1.165, 1.54) is 6.92 Å². The van der Waals surface area contributed by atoms with Crippen molar-refractivity contribution in [3.05, 3.63) is 35.4 Å². The normalized spacial score (nSPS) is 28.9. The first-order valence-electron chi connectivity index (χ1n) is 8.60. The molecule has 0 radical (unpaired) electrons. The van der Waals surface area contributed by atoms with E-state index in [1.807, 2.05) is 6.92 Å². The van der Waals surface area contributed by atoms with Crippen LogP contribution >= 0.6 is 0 Å². The molecule has 0 heterocycles. The highest BCUT2D eigenvalue weighted by Gasteiger charge is 2.49. The number of nitrogens with two attached hydrogens (primary N) is 1. The van der Waals surface area contributed by atoms with Gasteiger partial charge in [0.05, 0.1) is 12.1 Å². The van der Waals surface area contributed by atoms with E-state index < -0.39 is 54.0 Å². The lowest BCUT2D eigenvalue weighted by Crippen LogP contribution is -2.64. The Morgan fingerprint density at radius 1 is 1.19 bits per heavy atom. The summed E-state index contributed by atoms with van der Waals surface area (Å²) in [5.41, 5.74) is 4.32. The summed E-state index contributed by atoms with van der Waals surface area (Å²) in [6.45, 7) is 3.23. The number of aliphatic hydroxyl groups excluding tert-OH is 2. The maximum atomic E-state index is 12.4. The molecule has 9 nitrogen and oxygen atoms in total. The quantitative estimate of drug-likeness (QED) is 0.358. The molecule has 0 aromatic heterocycles. The minimum absolute atomic E-state index is 0.333. The minimum Gasteiger partial charge on any atom is -0.390 e. The van der Waals surface area contributed by atoms with Crippen LogP contribution in [0.1, 0.15) is 35.7 Å². The van der Waals surface area contributed by atoms with Crippen LogP contribution in [0.15, 0.2) is 24.3 Å². The van der Waals surface area contributed by atoms with E-state index >= 15 is 0 Å². The van der Waals surface area contributed by atoms with Gasteiger partial charge in [-0.15, -0.1) is 0 Å². The first-order valence-corrected chi connectivity index (χ1v) is 8.60. The molecule has 1 fully saturated rings. The lowest BCUT2D eigenvalue weighted by atomic mass is 9.77. The highest BCUT2D eigenvalue weighted by Crippen LogP contribution is 2.30. The number of carbonyl (C=O) groups excluding carboxylic acids is 3. The average molecular weight is 379 g/mol. The van der Waals surface area contributed by atoms with Crippen molar-refractivity contribution in [2.75, 3.05) is 0 Å². The third-order valence-corrected chi connectivity index (χ3v) is 4.74. The molecule has 1 aliphatic carbocycles. The summed E-state index contributed by atoms with van der Waals surface area (Å²) in [6.07, 6.45) is -3.58. The first-order chi connectivity index (χ1) is 12.5. The molecule has 0 saturated heterocycles. The number of amides is 3. The van der Waals surface area contributed by atoms with Crippen molar-refractivity contribution in [2.45, 2.75) is 56.6 Å². The smallest absolute Gasteiger partial charge is 0.252 e. The molecule has 5 unspecified atom stereocenters. The van der Waals surface area contributed by atoms with Gasteiger partial charge in [0.15, 0.2) is 0 Å². The van der Waals surface area contributed by atoms with Crippen LogP contribution in [0.2, 0.25) is 0 Å². The van der Waals surface area contributed by atoms with Gasteiger partial charge in [-0.2, -0.15) is 0 Å². The largest absolute Gasteiger partial charge is 0.390 e. The van der Waals surface area contributed by atoms with Crippen LogP contribution in [0.25, 0.3) is 0 Å². The van der Waals surface area contributed by atoms with E-state index in [4.69, 9.17) is 5.73 Å². The van der Waals surface area contributed by atoms with Gasteiger partial charge in [0.25, 0.3) is 11.8 Å². The summed E-state index contributed by atoms with van der Waals surface area (Å²) in [5.74, 6) is -2.21. The van der Waals surface area contributed by atoms with Gasteiger partial charge in [0.1, 0.15) is 17.7 Å². The molecule has 148 valence electrons. The number of carbonyl (C=O) groups is 3. The maximum absolute atomic E-state index is 12.4. The summed E-state index contributed by atoms with van der Waals surface area (Å²) < 4.78 is 0. The van der Waals surface area contributed by atoms with Crippen molar-refractivity contribution >= 4 is 17.7 Å². The van der Waals surface area contributed by atoms with E-state index in [2.05, 4.69) is 10.6 Å². The van der Waals surface area contributed by atoms with Crippen molar-refractivity contribution in [2.24, 2.45) is 5.73 Å². The van der Waals surface area contributed by atoms with Gasteiger partial charge in [-0.05, 0) is 26.0 Å². The number of aliphatic hydroxyl groups is 3. The Balaban J connectivity index is 2.13. The van der Waals surface area contributed by atoms with Gasteiger partial charge in [-0.25, -0.2) is 0 Å². The van der Waals surface area contributed by atoms with Crippen LogP contribution in [0.4, 0.5) is 0 Å². The summed E-state index contributed by atoms with van der Waals surface area (Å²) >= 11 is 0. The molecule has 27 heavy (non-hydrogen) atoms. The fourth-order valence-corrected chi connectivity index (χ4v) is 2.98. The second-order valence-electron chi connectivity index (χ2n) is 7.04. The van der Waals surface area contributed by atoms with E-state index in [-0.39, 0.29) is 6.42 Å². The zero-order valence-corrected chi connectivity index (χ0v) is 15.2. The van der Waals surface area contributed by atoms with Crippen LogP contribution in [0, 0.1) is 6.92 Å². The molecule has 1 saturated carbocycles. The monoisotopic (exact) mass is 379 g/mol. The highest BCUT2D eigenvalue weighted by molar-refractivity contribution is 5.95. The van der Waals surface area contributed by atoms with Crippen LogP contribution in [0.3, 0.4) is 0 Å². The molecular weight excluding hydrogens is 354 g/mol. The number of rotatable bonds is 5. The number of hydrogen-bond donors (Lipinski definition) is 6. The van der Waals surface area contributed by atoms with Gasteiger partial charge in [0, 0.05) is 18.4 Å². The zero-order chi connectivity index (χ0) is 20.4. The van der Waals surface area contributed by atoms with Gasteiger partial charge in [-0.3, -0.25) is 14.4 Å². The molecule has 5 atom stereocenters. The maximum Gasteiger partial charge on any atom is 0.252 e. The van der Waals surface area contributed by atoms with Crippen LogP contribution in [-0.2, 0) is 9.59 Å². The fourth-order valence-electron chi connectivity index (χ4n) is 2.98. The molecule has 3 amide bonds. The zero-order valence-electron chi connectivity index (χ0n) is 15.2. The molecule has 0 aliphatic heterocycles. The standard InChI is InChI=1S/C18H25N3O6/c1-9-3-5-11(6-4-9)16(25)21-12-7-18(27,8-13(22)14(12)23)17(26)20-10(2)15(19)24/h3-6,10,12-14,22-23,27H,7-8H2,1-2H3,(H2,19,24)(H,20,26)(H,21,25). The van der Waals surface area contributed by atoms with Crippen molar-refractivity contribution in [1.82, 2.24) is 10.6 Å². The summed E-state index contributed by atoms with van der Waals surface area (Å²) in [6, 6.07) is 4.60. The summed E-state index contributed by atoms with van der Waals surface area (Å²) in [4.78, 5) is 35.8. The van der Waals surface area contributed by atoms with Crippen molar-refractivity contribution in [1.29, 1.82) is 0 Å². The number of benzene rings is 1. The lowest BCUT2D eigenvalue weighted by Gasteiger charge is -2.41. The summed E-state index contributed by atoms with van der Waals surface area (Å²) in [5, 5.41) is 35.7. The Morgan fingerprint density at radius 2 is 1.78 bits per heavy atom. The highest BCUT2D eigenvalue weighted by atomic mass is 16.3. The number of nitrogens with one attached hydrogen (secondary N) is 2. The molecule has 2 rings (SSSR count). The van der Waals surface area contributed by atoms with Crippen molar-refractivity contribution in [3.63, 3.8) is 0 Å². The molecule has 1 aliphatic rings. The molecule has 1 aromatic rings. The average Bonchev–Trinajstić information content (AvgIpc) is 2.59. The number of aryl methyl sites for hydroxylation is 1. The minimum atomic E-state index is -2.08. The Kier molecular flexibility index (Phi) is 6.19. The second-order valence-corrected chi connectivity index (χ2v) is 7.04. The Hall–Kier alpha value is -2.49. The Bertz CT molecular complexity index is 722. The van der Waals surface area contributed by atoms with Crippen molar-refractivity contribution in [3.8, 4) is 0 Å². The third kappa shape index (κ3) is 4.82. The number of hydrogen-bond acceptors (Lipinski definition) is 6.